The predicted octanol–water partition coefficient (Wildman–Crippen LogP) is 3.65. The summed E-state index contributed by atoms with van der Waals surface area (Å²) in [6.07, 6.45) is 8.74. The summed E-state index contributed by atoms with van der Waals surface area (Å²) in [5.74, 6) is 1.08. The maximum atomic E-state index is 9.02. The maximum Gasteiger partial charge on any atom is 0.119 e. The zero-order chi connectivity index (χ0) is 12.7. The molecule has 0 aliphatic heterocycles. The Morgan fingerprint density at radius 2 is 1.94 bits per heavy atom. The van der Waals surface area contributed by atoms with Crippen molar-refractivity contribution in [3.63, 3.8) is 0 Å². The zero-order valence-corrected chi connectivity index (χ0v) is 11.2. The number of aryl methyl sites for hydroxylation is 2. The second-order valence-electron chi connectivity index (χ2n) is 4.57. The maximum absolute atomic E-state index is 9.02. The summed E-state index contributed by atoms with van der Waals surface area (Å²) in [4.78, 5) is 4.67. The fourth-order valence-corrected chi connectivity index (χ4v) is 1.88. The molecule has 0 saturated heterocycles. The van der Waals surface area contributed by atoms with E-state index in [0.717, 1.165) is 37.2 Å². The van der Waals surface area contributed by atoms with Crippen LogP contribution in [0.25, 0.3) is 0 Å². The first-order chi connectivity index (χ1) is 8.22. The van der Waals surface area contributed by atoms with Crippen molar-refractivity contribution in [2.24, 2.45) is 0 Å². The van der Waals surface area contributed by atoms with Gasteiger partial charge in [0, 0.05) is 12.6 Å². The van der Waals surface area contributed by atoms with Crippen LogP contribution in [0.3, 0.4) is 0 Å². The topological polar surface area (TPSA) is 41.6 Å². The fraction of sp³-hybridized carbons (Fsp3) is 0.714. The van der Waals surface area contributed by atoms with Crippen molar-refractivity contribution in [3.8, 4) is 6.07 Å². The van der Waals surface area contributed by atoms with Crippen LogP contribution in [0.4, 0.5) is 0 Å². The second kappa shape index (κ2) is 7.11. The molecule has 0 fully saturated rings. The number of unbranched alkanes of at least 4 members (excludes halogenated alkanes) is 2. The van der Waals surface area contributed by atoms with E-state index in [1.807, 2.05) is 11.5 Å². The predicted molar refractivity (Wildman–Crippen MR) is 69.8 cm³/mol. The molecule has 0 amide bonds. The molecular weight excluding hydrogens is 210 g/mol. The lowest BCUT2D eigenvalue weighted by atomic mass is 10.2. The average Bonchev–Trinajstić information content (AvgIpc) is 2.76. The summed E-state index contributed by atoms with van der Waals surface area (Å²) in [6.45, 7) is 6.30. The lowest BCUT2D eigenvalue weighted by Gasteiger charge is -2.08. The molecule has 1 atom stereocenters. The minimum atomic E-state index is -0.107. The molecule has 17 heavy (non-hydrogen) atoms. The Bertz CT molecular complexity index is 373. The summed E-state index contributed by atoms with van der Waals surface area (Å²) in [7, 11) is 0. The van der Waals surface area contributed by atoms with Crippen molar-refractivity contribution in [2.45, 2.75) is 65.3 Å². The molecule has 1 heterocycles. The van der Waals surface area contributed by atoms with E-state index in [4.69, 9.17) is 5.26 Å². The summed E-state index contributed by atoms with van der Waals surface area (Å²) in [5, 5.41) is 9.02. The van der Waals surface area contributed by atoms with Gasteiger partial charge in [-0.25, -0.2) is 4.98 Å². The van der Waals surface area contributed by atoms with Gasteiger partial charge in [0.05, 0.1) is 11.8 Å². The highest BCUT2D eigenvalue weighted by atomic mass is 15.1. The van der Waals surface area contributed by atoms with Gasteiger partial charge in [0.2, 0.25) is 0 Å². The molecule has 0 aliphatic rings. The number of rotatable bonds is 7. The Hall–Kier alpha value is -1.30. The third-order valence-electron chi connectivity index (χ3n) is 3.00. The van der Waals surface area contributed by atoms with Crippen molar-refractivity contribution >= 4 is 0 Å². The molecule has 0 radical (unpaired) electrons. The third-order valence-corrected chi connectivity index (χ3v) is 3.00. The van der Waals surface area contributed by atoms with Crippen LogP contribution in [0.1, 0.15) is 64.0 Å². The van der Waals surface area contributed by atoms with E-state index >= 15 is 0 Å². The monoisotopic (exact) mass is 233 g/mol. The Morgan fingerprint density at radius 3 is 2.53 bits per heavy atom. The number of imidazole rings is 1. The van der Waals surface area contributed by atoms with Gasteiger partial charge in [0.1, 0.15) is 11.9 Å². The normalized spacial score (nSPS) is 12.4. The largest absolute Gasteiger partial charge is 0.318 e. The minimum Gasteiger partial charge on any atom is -0.318 e. The van der Waals surface area contributed by atoms with Gasteiger partial charge in [-0.2, -0.15) is 5.26 Å². The number of hydrogen-bond acceptors (Lipinski definition) is 2. The molecule has 0 aromatic carbocycles. The number of hydrogen-bond donors (Lipinski definition) is 0. The van der Waals surface area contributed by atoms with Crippen LogP contribution < -0.4 is 0 Å². The Kier molecular flexibility index (Phi) is 5.76. The molecular formula is C14H23N3. The van der Waals surface area contributed by atoms with Gasteiger partial charge in [-0.05, 0) is 26.2 Å². The standard InChI is InChI=1S/C14H23N3/c1-4-6-8-13-11-17(12(3)10-15)14(16-13)9-7-5-2/h11-12H,4-9H2,1-3H3. The van der Waals surface area contributed by atoms with Gasteiger partial charge >= 0.3 is 0 Å². The Labute approximate surface area is 104 Å². The first kappa shape index (κ1) is 13.8. The molecule has 0 saturated carbocycles. The number of aromatic nitrogens is 2. The van der Waals surface area contributed by atoms with Crippen LogP contribution in [0, 0.1) is 11.3 Å². The zero-order valence-electron chi connectivity index (χ0n) is 11.2. The molecule has 1 aromatic rings. The van der Waals surface area contributed by atoms with Gasteiger partial charge in [0.25, 0.3) is 0 Å². The number of nitriles is 1. The lowest BCUT2D eigenvalue weighted by Crippen LogP contribution is -2.06. The summed E-state index contributed by atoms with van der Waals surface area (Å²) in [6, 6.07) is 2.18. The highest BCUT2D eigenvalue weighted by Gasteiger charge is 2.11. The summed E-state index contributed by atoms with van der Waals surface area (Å²) >= 11 is 0. The van der Waals surface area contributed by atoms with Gasteiger partial charge < -0.3 is 4.57 Å². The van der Waals surface area contributed by atoms with Crippen LogP contribution in [0.2, 0.25) is 0 Å². The smallest absolute Gasteiger partial charge is 0.119 e. The second-order valence-corrected chi connectivity index (χ2v) is 4.57. The molecule has 3 nitrogen and oxygen atoms in total. The first-order valence-electron chi connectivity index (χ1n) is 6.69. The summed E-state index contributed by atoms with van der Waals surface area (Å²) < 4.78 is 2.04. The van der Waals surface area contributed by atoms with E-state index in [0.29, 0.717) is 0 Å². The SMILES string of the molecule is CCCCc1cn(C(C)C#N)c(CCCC)n1. The van der Waals surface area contributed by atoms with Crippen molar-refractivity contribution < 1.29 is 0 Å². The van der Waals surface area contributed by atoms with Gasteiger partial charge in [-0.1, -0.05) is 26.7 Å². The van der Waals surface area contributed by atoms with E-state index in [1.165, 1.54) is 12.8 Å². The fourth-order valence-electron chi connectivity index (χ4n) is 1.88. The minimum absolute atomic E-state index is 0.107. The molecule has 0 spiro atoms. The third kappa shape index (κ3) is 3.89. The lowest BCUT2D eigenvalue weighted by molar-refractivity contribution is 0.611. The molecule has 3 heteroatoms. The van der Waals surface area contributed by atoms with E-state index in [9.17, 15) is 0 Å². The van der Waals surface area contributed by atoms with Crippen LogP contribution in [0.5, 0.6) is 0 Å². The molecule has 1 aromatic heterocycles. The molecule has 94 valence electrons. The van der Waals surface area contributed by atoms with Gasteiger partial charge in [-0.15, -0.1) is 0 Å². The van der Waals surface area contributed by atoms with Crippen LogP contribution in [0.15, 0.2) is 6.20 Å². The molecule has 1 rings (SSSR count). The van der Waals surface area contributed by atoms with E-state index < -0.39 is 0 Å². The Balaban J connectivity index is 2.83. The van der Waals surface area contributed by atoms with E-state index in [-0.39, 0.29) is 6.04 Å². The van der Waals surface area contributed by atoms with Crippen molar-refractivity contribution in [3.05, 3.63) is 17.7 Å². The van der Waals surface area contributed by atoms with Crippen LogP contribution >= 0.6 is 0 Å². The Morgan fingerprint density at radius 1 is 1.29 bits per heavy atom. The first-order valence-corrected chi connectivity index (χ1v) is 6.69. The van der Waals surface area contributed by atoms with E-state index in [2.05, 4.69) is 31.1 Å². The van der Waals surface area contributed by atoms with Gasteiger partial charge in [-0.3, -0.25) is 0 Å². The van der Waals surface area contributed by atoms with Crippen molar-refractivity contribution in [1.29, 1.82) is 5.26 Å². The summed E-state index contributed by atoms with van der Waals surface area (Å²) in [5.41, 5.74) is 1.14. The van der Waals surface area contributed by atoms with Crippen LogP contribution in [-0.4, -0.2) is 9.55 Å². The molecule has 1 unspecified atom stereocenters. The highest BCUT2D eigenvalue weighted by molar-refractivity contribution is 5.09. The molecule has 0 aliphatic carbocycles. The van der Waals surface area contributed by atoms with E-state index in [1.54, 1.807) is 0 Å². The average molecular weight is 233 g/mol. The molecule has 0 N–H and O–H groups in total. The molecule has 0 bridgehead atoms. The van der Waals surface area contributed by atoms with Crippen molar-refractivity contribution in [2.75, 3.05) is 0 Å². The van der Waals surface area contributed by atoms with Crippen molar-refractivity contribution in [1.82, 2.24) is 9.55 Å². The van der Waals surface area contributed by atoms with Crippen LogP contribution in [-0.2, 0) is 12.8 Å². The van der Waals surface area contributed by atoms with Gasteiger partial charge in [0.15, 0.2) is 0 Å². The number of nitrogens with zero attached hydrogens (tertiary/aromatic N) is 3. The quantitative estimate of drug-likeness (QED) is 0.721. The highest BCUT2D eigenvalue weighted by Crippen LogP contribution is 2.15.